The van der Waals surface area contributed by atoms with Gasteiger partial charge in [-0.25, -0.2) is 9.37 Å². The van der Waals surface area contributed by atoms with Gasteiger partial charge in [-0.1, -0.05) is 0 Å². The summed E-state index contributed by atoms with van der Waals surface area (Å²) in [5.74, 6) is 0.551. The third-order valence-electron chi connectivity index (χ3n) is 2.15. The van der Waals surface area contributed by atoms with Gasteiger partial charge in [0.15, 0.2) is 0 Å². The highest BCUT2D eigenvalue weighted by Gasteiger charge is 2.06. The summed E-state index contributed by atoms with van der Waals surface area (Å²) in [5.41, 5.74) is 0.520. The zero-order valence-corrected chi connectivity index (χ0v) is 8.45. The van der Waals surface area contributed by atoms with Crippen LogP contribution in [0.5, 0.6) is 11.6 Å². The Morgan fingerprint density at radius 1 is 1.13 bits per heavy atom. The van der Waals surface area contributed by atoms with Crippen molar-refractivity contribution < 1.29 is 13.9 Å². The van der Waals surface area contributed by atoms with Crippen molar-refractivity contribution in [2.45, 2.75) is 0 Å². The summed E-state index contributed by atoms with van der Waals surface area (Å²) in [6, 6.07) is 6.26. The molecule has 0 fully saturated rings. The average molecular weight is 207 g/mol. The molecule has 0 unspecified atom stereocenters. The van der Waals surface area contributed by atoms with Crippen molar-refractivity contribution in [1.29, 1.82) is 0 Å². The van der Waals surface area contributed by atoms with E-state index in [0.29, 0.717) is 16.7 Å². The molecule has 1 aromatic heterocycles. The molecule has 1 heterocycles. The normalized spacial score (nSPS) is 10.3. The SMILES string of the molecule is COc1ccc2c(F)cc(OC)nc2c1. The van der Waals surface area contributed by atoms with Crippen LogP contribution in [0.4, 0.5) is 4.39 Å². The lowest BCUT2D eigenvalue weighted by Crippen LogP contribution is -1.92. The van der Waals surface area contributed by atoms with Gasteiger partial charge in [-0.3, -0.25) is 0 Å². The Morgan fingerprint density at radius 2 is 1.93 bits per heavy atom. The van der Waals surface area contributed by atoms with Gasteiger partial charge in [-0.2, -0.15) is 0 Å². The molecule has 1 aromatic carbocycles. The lowest BCUT2D eigenvalue weighted by molar-refractivity contribution is 0.396. The van der Waals surface area contributed by atoms with Gasteiger partial charge in [0, 0.05) is 17.5 Å². The van der Waals surface area contributed by atoms with Crippen molar-refractivity contribution >= 4 is 10.9 Å². The first kappa shape index (κ1) is 9.71. The minimum absolute atomic E-state index is 0.258. The third-order valence-corrected chi connectivity index (χ3v) is 2.15. The van der Waals surface area contributed by atoms with Crippen molar-refractivity contribution in [3.63, 3.8) is 0 Å². The van der Waals surface area contributed by atoms with E-state index in [1.807, 2.05) is 0 Å². The molecular weight excluding hydrogens is 197 g/mol. The molecule has 0 bridgehead atoms. The Bertz CT molecular complexity index is 494. The number of nitrogens with zero attached hydrogens (tertiary/aromatic N) is 1. The van der Waals surface area contributed by atoms with E-state index in [1.165, 1.54) is 13.2 Å². The number of fused-ring (bicyclic) bond motifs is 1. The van der Waals surface area contributed by atoms with Crippen LogP contribution in [0.15, 0.2) is 24.3 Å². The topological polar surface area (TPSA) is 31.4 Å². The molecule has 0 N–H and O–H groups in total. The minimum Gasteiger partial charge on any atom is -0.497 e. The van der Waals surface area contributed by atoms with E-state index >= 15 is 0 Å². The van der Waals surface area contributed by atoms with Crippen molar-refractivity contribution in [2.24, 2.45) is 0 Å². The zero-order valence-electron chi connectivity index (χ0n) is 8.45. The van der Waals surface area contributed by atoms with Crippen molar-refractivity contribution in [1.82, 2.24) is 4.98 Å². The summed E-state index contributed by atoms with van der Waals surface area (Å²) in [7, 11) is 3.01. The van der Waals surface area contributed by atoms with E-state index in [2.05, 4.69) is 4.98 Å². The highest BCUT2D eigenvalue weighted by Crippen LogP contribution is 2.24. The Hall–Kier alpha value is -1.84. The largest absolute Gasteiger partial charge is 0.497 e. The molecule has 0 aliphatic heterocycles. The molecule has 0 saturated heterocycles. The van der Waals surface area contributed by atoms with Crippen LogP contribution in [0.1, 0.15) is 0 Å². The minimum atomic E-state index is -0.348. The summed E-state index contributed by atoms with van der Waals surface area (Å²) in [5, 5.41) is 0.455. The molecular formula is C11H10FNO2. The van der Waals surface area contributed by atoms with Crippen LogP contribution < -0.4 is 9.47 Å². The molecule has 2 aromatic rings. The van der Waals surface area contributed by atoms with Crippen LogP contribution in [0.3, 0.4) is 0 Å². The van der Waals surface area contributed by atoms with Gasteiger partial charge in [0.25, 0.3) is 0 Å². The maximum absolute atomic E-state index is 13.5. The Kier molecular flexibility index (Phi) is 2.41. The third kappa shape index (κ3) is 1.70. The second-order valence-electron chi connectivity index (χ2n) is 3.03. The van der Waals surface area contributed by atoms with Gasteiger partial charge in [0.1, 0.15) is 11.6 Å². The molecule has 4 heteroatoms. The second kappa shape index (κ2) is 3.73. The van der Waals surface area contributed by atoms with E-state index in [0.717, 1.165) is 0 Å². The van der Waals surface area contributed by atoms with E-state index < -0.39 is 0 Å². The summed E-state index contributed by atoms with van der Waals surface area (Å²) in [6.45, 7) is 0. The summed E-state index contributed by atoms with van der Waals surface area (Å²) < 4.78 is 23.4. The predicted molar refractivity (Wildman–Crippen MR) is 54.8 cm³/mol. The lowest BCUT2D eigenvalue weighted by Gasteiger charge is -2.05. The smallest absolute Gasteiger partial charge is 0.216 e. The fourth-order valence-corrected chi connectivity index (χ4v) is 1.37. The van der Waals surface area contributed by atoms with Gasteiger partial charge < -0.3 is 9.47 Å². The monoisotopic (exact) mass is 207 g/mol. The highest BCUT2D eigenvalue weighted by molar-refractivity contribution is 5.81. The number of aromatic nitrogens is 1. The summed E-state index contributed by atoms with van der Waals surface area (Å²) in [4.78, 5) is 4.12. The van der Waals surface area contributed by atoms with Gasteiger partial charge in [0.05, 0.1) is 19.7 Å². The first-order chi connectivity index (χ1) is 7.24. The average Bonchev–Trinajstić information content (AvgIpc) is 2.28. The van der Waals surface area contributed by atoms with Crippen molar-refractivity contribution in [2.75, 3.05) is 14.2 Å². The number of rotatable bonds is 2. The van der Waals surface area contributed by atoms with Crippen LogP contribution in [0, 0.1) is 5.82 Å². The van der Waals surface area contributed by atoms with Gasteiger partial charge in [-0.15, -0.1) is 0 Å². The molecule has 0 aliphatic carbocycles. The van der Waals surface area contributed by atoms with Crippen LogP contribution in [0.2, 0.25) is 0 Å². The number of halogens is 1. The molecule has 78 valence electrons. The van der Waals surface area contributed by atoms with Crippen molar-refractivity contribution in [3.05, 3.63) is 30.1 Å². The number of methoxy groups -OCH3 is 2. The molecule has 0 atom stereocenters. The number of ether oxygens (including phenoxy) is 2. The van der Waals surface area contributed by atoms with E-state index in [9.17, 15) is 4.39 Å². The number of hydrogen-bond acceptors (Lipinski definition) is 3. The van der Waals surface area contributed by atoms with Crippen molar-refractivity contribution in [3.8, 4) is 11.6 Å². The molecule has 0 aliphatic rings. The Labute approximate surface area is 86.5 Å². The Morgan fingerprint density at radius 3 is 2.60 bits per heavy atom. The maximum Gasteiger partial charge on any atom is 0.216 e. The number of hydrogen-bond donors (Lipinski definition) is 0. The number of benzene rings is 1. The van der Waals surface area contributed by atoms with Gasteiger partial charge in [0.2, 0.25) is 5.88 Å². The fourth-order valence-electron chi connectivity index (χ4n) is 1.37. The van der Waals surface area contributed by atoms with Crippen LogP contribution in [-0.4, -0.2) is 19.2 Å². The van der Waals surface area contributed by atoms with Crippen LogP contribution >= 0.6 is 0 Å². The molecule has 3 nitrogen and oxygen atoms in total. The molecule has 0 amide bonds. The highest BCUT2D eigenvalue weighted by atomic mass is 19.1. The fraction of sp³-hybridized carbons (Fsp3) is 0.182. The molecule has 0 saturated carbocycles. The Balaban J connectivity index is 2.69. The van der Waals surface area contributed by atoms with E-state index in [1.54, 1.807) is 25.3 Å². The molecule has 15 heavy (non-hydrogen) atoms. The lowest BCUT2D eigenvalue weighted by atomic mass is 10.2. The van der Waals surface area contributed by atoms with Gasteiger partial charge >= 0.3 is 0 Å². The van der Waals surface area contributed by atoms with E-state index in [-0.39, 0.29) is 11.7 Å². The first-order valence-corrected chi connectivity index (χ1v) is 4.43. The zero-order chi connectivity index (χ0) is 10.8. The molecule has 0 radical (unpaired) electrons. The summed E-state index contributed by atoms with van der Waals surface area (Å²) >= 11 is 0. The number of pyridine rings is 1. The first-order valence-electron chi connectivity index (χ1n) is 4.43. The second-order valence-corrected chi connectivity index (χ2v) is 3.03. The quantitative estimate of drug-likeness (QED) is 0.757. The van der Waals surface area contributed by atoms with E-state index in [4.69, 9.17) is 9.47 Å². The van der Waals surface area contributed by atoms with Gasteiger partial charge in [-0.05, 0) is 12.1 Å². The predicted octanol–water partition coefficient (Wildman–Crippen LogP) is 2.39. The standard InChI is InChI=1S/C11H10FNO2/c1-14-7-3-4-8-9(12)6-11(15-2)13-10(8)5-7/h3-6H,1-2H3. The van der Waals surface area contributed by atoms with Crippen LogP contribution in [0.25, 0.3) is 10.9 Å². The molecule has 0 spiro atoms. The maximum atomic E-state index is 13.5. The summed E-state index contributed by atoms with van der Waals surface area (Å²) in [6.07, 6.45) is 0. The molecule has 2 rings (SSSR count). The van der Waals surface area contributed by atoms with Crippen LogP contribution in [-0.2, 0) is 0 Å².